The fourth-order valence-corrected chi connectivity index (χ4v) is 1.95. The number of nitrogens with zero attached hydrogens (tertiary/aromatic N) is 1. The number of aromatic nitrogens is 1. The number of nitrogen functional groups attached to an aromatic ring is 1. The fraction of sp³-hybridized carbons (Fsp3) is 0.0833. The van der Waals surface area contributed by atoms with E-state index in [9.17, 15) is 13.2 Å². The second-order valence-electron chi connectivity index (χ2n) is 3.79. The number of hydrogen-bond donors (Lipinski definition) is 2. The van der Waals surface area contributed by atoms with Gasteiger partial charge in [-0.15, -0.1) is 0 Å². The van der Waals surface area contributed by atoms with Gasteiger partial charge in [-0.2, -0.15) is 13.2 Å². The molecular formula is C12H9BrF3N3. The standard InChI is InChI=1S/C12H9BrF3N3/c13-10-2-1-8(6-9(10)12(14,15)16)19-11-5-7(17)3-4-18-11/h1-6H,(H3,17,18,19). The molecule has 0 atom stereocenters. The Morgan fingerprint density at radius 3 is 2.53 bits per heavy atom. The molecule has 19 heavy (non-hydrogen) atoms. The first kappa shape index (κ1) is 13.7. The Morgan fingerprint density at radius 2 is 1.89 bits per heavy atom. The average Bonchev–Trinajstić information content (AvgIpc) is 2.30. The minimum Gasteiger partial charge on any atom is -0.399 e. The molecule has 0 fully saturated rings. The van der Waals surface area contributed by atoms with E-state index in [2.05, 4.69) is 26.2 Å². The van der Waals surface area contributed by atoms with Crippen molar-refractivity contribution in [1.29, 1.82) is 0 Å². The monoisotopic (exact) mass is 331 g/mol. The molecule has 0 aliphatic carbocycles. The van der Waals surface area contributed by atoms with Gasteiger partial charge in [-0.05, 0) is 24.3 Å². The van der Waals surface area contributed by atoms with Crippen molar-refractivity contribution in [3.63, 3.8) is 0 Å². The van der Waals surface area contributed by atoms with Crippen LogP contribution in [0.2, 0.25) is 0 Å². The van der Waals surface area contributed by atoms with Crippen LogP contribution in [-0.4, -0.2) is 4.98 Å². The zero-order valence-corrected chi connectivity index (χ0v) is 11.1. The van der Waals surface area contributed by atoms with Gasteiger partial charge in [-0.3, -0.25) is 0 Å². The van der Waals surface area contributed by atoms with Crippen LogP contribution in [-0.2, 0) is 6.18 Å². The number of pyridine rings is 1. The molecule has 100 valence electrons. The Hall–Kier alpha value is -1.76. The van der Waals surface area contributed by atoms with Crippen molar-refractivity contribution in [2.45, 2.75) is 6.18 Å². The number of nitrogens with one attached hydrogen (secondary N) is 1. The Morgan fingerprint density at radius 1 is 1.16 bits per heavy atom. The van der Waals surface area contributed by atoms with Crippen molar-refractivity contribution < 1.29 is 13.2 Å². The van der Waals surface area contributed by atoms with Crippen LogP contribution in [0.1, 0.15) is 5.56 Å². The van der Waals surface area contributed by atoms with Crippen LogP contribution in [0.15, 0.2) is 41.0 Å². The largest absolute Gasteiger partial charge is 0.417 e. The summed E-state index contributed by atoms with van der Waals surface area (Å²) in [7, 11) is 0. The molecule has 0 radical (unpaired) electrons. The van der Waals surface area contributed by atoms with Crippen LogP contribution in [0.4, 0.5) is 30.4 Å². The average molecular weight is 332 g/mol. The normalized spacial score (nSPS) is 11.4. The van der Waals surface area contributed by atoms with Crippen molar-refractivity contribution in [2.24, 2.45) is 0 Å². The molecule has 0 saturated carbocycles. The van der Waals surface area contributed by atoms with E-state index in [4.69, 9.17) is 5.73 Å². The minimum atomic E-state index is -4.42. The van der Waals surface area contributed by atoms with E-state index in [0.29, 0.717) is 11.5 Å². The molecule has 0 unspecified atom stereocenters. The highest BCUT2D eigenvalue weighted by Crippen LogP contribution is 2.36. The van der Waals surface area contributed by atoms with Gasteiger partial charge in [0, 0.05) is 28.1 Å². The highest BCUT2D eigenvalue weighted by molar-refractivity contribution is 9.10. The summed E-state index contributed by atoms with van der Waals surface area (Å²) < 4.78 is 38.2. The Balaban J connectivity index is 2.32. The zero-order chi connectivity index (χ0) is 14.0. The van der Waals surface area contributed by atoms with Crippen molar-refractivity contribution in [1.82, 2.24) is 4.98 Å². The predicted octanol–water partition coefficient (Wildman–Crippen LogP) is 4.19. The van der Waals surface area contributed by atoms with Gasteiger partial charge in [0.25, 0.3) is 0 Å². The Bertz CT molecular complexity index is 599. The third-order valence-corrected chi connectivity index (χ3v) is 3.02. The quantitative estimate of drug-likeness (QED) is 0.867. The second kappa shape index (κ2) is 5.08. The van der Waals surface area contributed by atoms with E-state index in [-0.39, 0.29) is 10.2 Å². The van der Waals surface area contributed by atoms with E-state index in [1.807, 2.05) is 0 Å². The molecule has 2 rings (SSSR count). The molecule has 1 aromatic heterocycles. The van der Waals surface area contributed by atoms with Gasteiger partial charge in [0.05, 0.1) is 5.56 Å². The lowest BCUT2D eigenvalue weighted by molar-refractivity contribution is -0.138. The smallest absolute Gasteiger partial charge is 0.399 e. The van der Waals surface area contributed by atoms with Gasteiger partial charge in [-0.25, -0.2) is 4.98 Å². The van der Waals surface area contributed by atoms with Gasteiger partial charge in [-0.1, -0.05) is 15.9 Å². The summed E-state index contributed by atoms with van der Waals surface area (Å²) in [5.74, 6) is 0.385. The van der Waals surface area contributed by atoms with E-state index in [1.165, 1.54) is 24.4 Å². The number of hydrogen-bond acceptors (Lipinski definition) is 3. The molecule has 3 nitrogen and oxygen atoms in total. The first-order valence-electron chi connectivity index (χ1n) is 5.21. The first-order valence-corrected chi connectivity index (χ1v) is 6.01. The van der Waals surface area contributed by atoms with Crippen LogP contribution in [0.3, 0.4) is 0 Å². The van der Waals surface area contributed by atoms with E-state index < -0.39 is 11.7 Å². The van der Waals surface area contributed by atoms with E-state index >= 15 is 0 Å². The molecule has 0 bridgehead atoms. The molecule has 0 aliphatic heterocycles. The Kier molecular flexibility index (Phi) is 3.66. The summed E-state index contributed by atoms with van der Waals surface area (Å²) in [4.78, 5) is 3.97. The molecule has 0 amide bonds. The van der Waals surface area contributed by atoms with E-state index in [1.54, 1.807) is 6.07 Å². The summed E-state index contributed by atoms with van der Waals surface area (Å²) in [6.07, 6.45) is -2.94. The van der Waals surface area contributed by atoms with Crippen LogP contribution < -0.4 is 11.1 Å². The third-order valence-electron chi connectivity index (χ3n) is 2.33. The maximum Gasteiger partial charge on any atom is 0.417 e. The summed E-state index contributed by atoms with van der Waals surface area (Å²) in [6.45, 7) is 0. The van der Waals surface area contributed by atoms with Gasteiger partial charge in [0.2, 0.25) is 0 Å². The van der Waals surface area contributed by atoms with Gasteiger partial charge < -0.3 is 11.1 Å². The van der Waals surface area contributed by atoms with E-state index in [0.717, 1.165) is 6.07 Å². The number of anilines is 3. The number of rotatable bonds is 2. The summed E-state index contributed by atoms with van der Waals surface area (Å²) in [5, 5.41) is 2.77. The topological polar surface area (TPSA) is 50.9 Å². The van der Waals surface area contributed by atoms with Crippen molar-refractivity contribution in [2.75, 3.05) is 11.1 Å². The number of alkyl halides is 3. The van der Waals surface area contributed by atoms with Crippen molar-refractivity contribution >= 4 is 33.1 Å². The van der Waals surface area contributed by atoms with Crippen molar-refractivity contribution in [3.05, 3.63) is 46.6 Å². The molecule has 7 heteroatoms. The lowest BCUT2D eigenvalue weighted by atomic mass is 10.2. The SMILES string of the molecule is Nc1ccnc(Nc2ccc(Br)c(C(F)(F)F)c2)c1. The van der Waals surface area contributed by atoms with Crippen LogP contribution in [0.25, 0.3) is 0 Å². The van der Waals surface area contributed by atoms with Gasteiger partial charge >= 0.3 is 6.18 Å². The molecule has 1 aromatic carbocycles. The molecule has 0 aliphatic rings. The minimum absolute atomic E-state index is 0.00825. The lowest BCUT2D eigenvalue weighted by Crippen LogP contribution is -2.07. The predicted molar refractivity (Wildman–Crippen MR) is 71.1 cm³/mol. The number of nitrogens with two attached hydrogens (primary N) is 1. The van der Waals surface area contributed by atoms with Crippen molar-refractivity contribution in [3.8, 4) is 0 Å². The molecule has 3 N–H and O–H groups in total. The van der Waals surface area contributed by atoms with Gasteiger partial charge in [0.15, 0.2) is 0 Å². The summed E-state index contributed by atoms with van der Waals surface area (Å²) in [5.41, 5.74) is 5.58. The number of benzene rings is 1. The van der Waals surface area contributed by atoms with Gasteiger partial charge in [0.1, 0.15) is 5.82 Å². The lowest BCUT2D eigenvalue weighted by Gasteiger charge is -2.12. The number of halogens is 4. The Labute approximate surface area is 115 Å². The highest BCUT2D eigenvalue weighted by Gasteiger charge is 2.33. The second-order valence-corrected chi connectivity index (χ2v) is 4.65. The third kappa shape index (κ3) is 3.37. The zero-order valence-electron chi connectivity index (χ0n) is 9.50. The molecule has 0 spiro atoms. The first-order chi connectivity index (χ1) is 8.86. The van der Waals surface area contributed by atoms with Crippen LogP contribution in [0, 0.1) is 0 Å². The maximum absolute atomic E-state index is 12.7. The maximum atomic E-state index is 12.7. The molecular weight excluding hydrogens is 323 g/mol. The summed E-state index contributed by atoms with van der Waals surface area (Å²) >= 11 is 2.88. The summed E-state index contributed by atoms with van der Waals surface area (Å²) in [6, 6.07) is 6.99. The van der Waals surface area contributed by atoms with Crippen LogP contribution >= 0.6 is 15.9 Å². The molecule has 0 saturated heterocycles. The van der Waals surface area contributed by atoms with Crippen LogP contribution in [0.5, 0.6) is 0 Å². The molecule has 2 aromatic rings. The molecule has 1 heterocycles. The highest BCUT2D eigenvalue weighted by atomic mass is 79.9. The fourth-order valence-electron chi connectivity index (χ4n) is 1.48.